The zero-order valence-electron chi connectivity index (χ0n) is 20.9. The summed E-state index contributed by atoms with van der Waals surface area (Å²) in [5.74, 6) is 0. The summed E-state index contributed by atoms with van der Waals surface area (Å²) in [6.45, 7) is 28.5. The molecule has 2 rings (SSSR count). The second-order valence-corrected chi connectivity index (χ2v) is 14.4. The van der Waals surface area contributed by atoms with E-state index in [-0.39, 0.29) is 57.8 Å². The van der Waals surface area contributed by atoms with Crippen LogP contribution in [0.5, 0.6) is 0 Å². The molecular formula is C24H37Cl2F3N2PRu. The fourth-order valence-electron chi connectivity index (χ4n) is 3.14. The fraction of sp³-hybridized carbons (Fsp3) is 0.583. The van der Waals surface area contributed by atoms with Gasteiger partial charge in [-0.15, -0.1) is 0 Å². The Kier molecular flexibility index (Phi) is 15.7. The Labute approximate surface area is 226 Å². The van der Waals surface area contributed by atoms with Crippen LogP contribution in [0.25, 0.3) is 0 Å². The molecule has 1 radical (unpaired) electrons. The van der Waals surface area contributed by atoms with E-state index in [1.54, 1.807) is 0 Å². The maximum Gasteiger partial charge on any atom is 2.00 e. The second kappa shape index (κ2) is 13.8. The van der Waals surface area contributed by atoms with E-state index in [1.165, 1.54) is 12.5 Å². The Morgan fingerprint density at radius 1 is 0.879 bits per heavy atom. The van der Waals surface area contributed by atoms with E-state index in [9.17, 15) is 13.2 Å². The van der Waals surface area contributed by atoms with E-state index in [0.29, 0.717) is 15.9 Å². The molecule has 2 aliphatic rings. The summed E-state index contributed by atoms with van der Waals surface area (Å²) in [6, 6.07) is 0. The summed E-state index contributed by atoms with van der Waals surface area (Å²) in [4.78, 5) is 4.67. The minimum absolute atomic E-state index is 0. The molecule has 0 saturated heterocycles. The van der Waals surface area contributed by atoms with Gasteiger partial charge in [0.1, 0.15) is 6.67 Å². The van der Waals surface area contributed by atoms with E-state index >= 15 is 0 Å². The van der Waals surface area contributed by atoms with Crippen LogP contribution in [0.3, 0.4) is 0 Å². The molecule has 0 N–H and O–H groups in total. The van der Waals surface area contributed by atoms with Crippen LogP contribution in [0.2, 0.25) is 0 Å². The summed E-state index contributed by atoms with van der Waals surface area (Å²) in [5.41, 5.74) is -0.179. The molecule has 1 aliphatic heterocycles. The van der Waals surface area contributed by atoms with Crippen molar-refractivity contribution in [3.05, 3.63) is 61.4 Å². The van der Waals surface area contributed by atoms with E-state index < -0.39 is 11.7 Å². The van der Waals surface area contributed by atoms with Crippen molar-refractivity contribution in [3.8, 4) is 0 Å². The molecule has 33 heavy (non-hydrogen) atoms. The minimum Gasteiger partial charge on any atom is -1.00 e. The van der Waals surface area contributed by atoms with E-state index in [2.05, 4.69) is 91.2 Å². The maximum atomic E-state index is 11.9. The molecule has 191 valence electrons. The molecule has 0 aromatic carbocycles. The molecule has 9 heteroatoms. The van der Waals surface area contributed by atoms with Crippen LogP contribution in [-0.4, -0.2) is 38.1 Å². The molecule has 2 nitrogen and oxygen atoms in total. The van der Waals surface area contributed by atoms with Gasteiger partial charge in [-0.25, -0.2) is 0 Å². The quantitative estimate of drug-likeness (QED) is 0.266. The smallest absolute Gasteiger partial charge is 1.00 e. The molecule has 0 unspecified atom stereocenters. The Hall–Kier alpha value is -0.147. The average molecular weight is 614 g/mol. The van der Waals surface area contributed by atoms with Gasteiger partial charge in [-0.1, -0.05) is 68.5 Å². The van der Waals surface area contributed by atoms with Gasteiger partial charge in [-0.05, 0) is 48.8 Å². The largest absolute Gasteiger partial charge is 2.00 e. The van der Waals surface area contributed by atoms with Gasteiger partial charge in [-0.2, -0.15) is 13.2 Å². The molecule has 0 amide bonds. The summed E-state index contributed by atoms with van der Waals surface area (Å²) in [6.07, 6.45) is 5.65. The fourth-order valence-corrected chi connectivity index (χ4v) is 6.50. The number of nitrogens with zero attached hydrogens (tertiary/aromatic N) is 2. The van der Waals surface area contributed by atoms with Crippen LogP contribution >= 0.6 is 7.92 Å². The molecule has 1 heterocycles. The van der Waals surface area contributed by atoms with Crippen molar-refractivity contribution in [2.24, 2.45) is 0 Å². The van der Waals surface area contributed by atoms with E-state index in [1.807, 2.05) is 0 Å². The van der Waals surface area contributed by atoms with Crippen molar-refractivity contribution in [1.29, 1.82) is 0 Å². The number of alkyl halides is 3. The topological polar surface area (TPSA) is 6.48 Å². The first kappa shape index (κ1) is 37.4. The van der Waals surface area contributed by atoms with Crippen molar-refractivity contribution in [3.63, 3.8) is 0 Å². The van der Waals surface area contributed by atoms with E-state index in [0.717, 1.165) is 18.4 Å². The van der Waals surface area contributed by atoms with Gasteiger partial charge in [0.05, 0.1) is 5.57 Å². The summed E-state index contributed by atoms with van der Waals surface area (Å²) >= 11 is 0. The summed E-state index contributed by atoms with van der Waals surface area (Å²) in [7, 11) is -0.0919. The van der Waals surface area contributed by atoms with Crippen LogP contribution < -0.4 is 24.8 Å². The third-order valence-corrected chi connectivity index (χ3v) is 8.48. The third kappa shape index (κ3) is 12.9. The first-order valence-corrected chi connectivity index (χ1v) is 11.6. The zero-order chi connectivity index (χ0) is 23.5. The monoisotopic (exact) mass is 613 g/mol. The first-order valence-electron chi connectivity index (χ1n) is 10.1. The number of rotatable bonds is 2. The standard InChI is InChI=1S/C16H32N2P.C8H5F3.2ClH.Ru/c1-14(2,3)18-11-10-17(12-18)13-19(15(4,5)6)16(7,8)9;1-6-2-4-7(5-3-6)8(9,10)11;;;/h10-12H,13H2,1-9H3;1-5H;2*1H;/q;;;;+2/p-2. The van der Waals surface area contributed by atoms with Crippen molar-refractivity contribution in [1.82, 2.24) is 9.80 Å². The molecule has 0 bridgehead atoms. The Morgan fingerprint density at radius 2 is 1.36 bits per heavy atom. The number of hydrogen-bond donors (Lipinski definition) is 0. The van der Waals surface area contributed by atoms with Gasteiger partial charge >= 0.3 is 25.7 Å². The Bertz CT molecular complexity index is 686. The average Bonchev–Trinajstić information content (AvgIpc) is 2.99. The van der Waals surface area contributed by atoms with Crippen LogP contribution in [0.1, 0.15) is 62.3 Å². The number of allylic oxidation sites excluding steroid dienone is 5. The molecule has 1 aliphatic carbocycles. The predicted molar refractivity (Wildman–Crippen MR) is 124 cm³/mol. The number of halogens is 5. The molecule has 0 spiro atoms. The van der Waals surface area contributed by atoms with Gasteiger partial charge in [0.2, 0.25) is 0 Å². The van der Waals surface area contributed by atoms with Crippen LogP contribution in [0.15, 0.2) is 41.8 Å². The molecule has 0 fully saturated rings. The van der Waals surface area contributed by atoms with Crippen LogP contribution in [-0.2, 0) is 19.5 Å². The molecule has 0 aromatic rings. The normalized spacial score (nSPS) is 16.2. The third-order valence-electron chi connectivity index (χ3n) is 4.63. The van der Waals surface area contributed by atoms with Crippen LogP contribution in [0.4, 0.5) is 13.2 Å². The SMILES string of the molecule is CC(C)(C)N1[CH]N(CP(C(C)(C)C)C(C)(C)C)C=C1.[CH-]=C1C=CC(C(F)(F)F)=C[CH+]1.[Cl-].[Cl-].[Ru+2]. The Balaban J connectivity index is -0.000000557. The van der Waals surface area contributed by atoms with Crippen molar-refractivity contribution >= 4 is 7.92 Å². The van der Waals surface area contributed by atoms with Gasteiger partial charge < -0.3 is 34.6 Å². The predicted octanol–water partition coefficient (Wildman–Crippen LogP) is 1.64. The summed E-state index contributed by atoms with van der Waals surface area (Å²) < 4.78 is 35.6. The molecule has 0 saturated carbocycles. The van der Waals surface area contributed by atoms with Gasteiger partial charge in [0.15, 0.2) is 0 Å². The van der Waals surface area contributed by atoms with Crippen molar-refractivity contribution in [2.45, 2.75) is 84.3 Å². The minimum atomic E-state index is -4.27. The van der Waals surface area contributed by atoms with Crippen molar-refractivity contribution in [2.75, 3.05) is 6.29 Å². The Morgan fingerprint density at radius 3 is 1.67 bits per heavy atom. The van der Waals surface area contributed by atoms with E-state index in [4.69, 9.17) is 6.58 Å². The second-order valence-electron chi connectivity index (χ2n) is 10.5. The first-order chi connectivity index (χ1) is 13.3. The van der Waals surface area contributed by atoms with Gasteiger partial charge in [-0.3, -0.25) is 0 Å². The molecule has 0 atom stereocenters. The maximum absolute atomic E-state index is 11.9. The molecule has 0 aromatic heterocycles. The number of hydrogen-bond acceptors (Lipinski definition) is 2. The van der Waals surface area contributed by atoms with Crippen LogP contribution in [0, 0.1) is 19.7 Å². The summed E-state index contributed by atoms with van der Waals surface area (Å²) in [5, 5.41) is 0.759. The molecular weight excluding hydrogens is 576 g/mol. The van der Waals surface area contributed by atoms with Gasteiger partial charge in [0, 0.05) is 24.2 Å². The van der Waals surface area contributed by atoms with Gasteiger partial charge in [0.25, 0.3) is 0 Å². The van der Waals surface area contributed by atoms with Crippen molar-refractivity contribution < 1.29 is 57.5 Å². The zero-order valence-corrected chi connectivity index (χ0v) is 25.1.